The van der Waals surface area contributed by atoms with E-state index in [1.807, 2.05) is 51.1 Å². The maximum Gasteiger partial charge on any atom is 0.237 e. The number of aromatic nitrogens is 2. The van der Waals surface area contributed by atoms with Gasteiger partial charge in [0.05, 0.1) is 18.2 Å². The Balaban J connectivity index is 1.80. The van der Waals surface area contributed by atoms with Crippen LogP contribution in [0.3, 0.4) is 0 Å². The van der Waals surface area contributed by atoms with E-state index in [4.69, 9.17) is 0 Å². The molecule has 0 spiro atoms. The highest BCUT2D eigenvalue weighted by molar-refractivity contribution is 5.94. The Morgan fingerprint density at radius 3 is 2.50 bits per heavy atom. The van der Waals surface area contributed by atoms with Crippen molar-refractivity contribution in [3.8, 4) is 11.1 Å². The Labute approximate surface area is 199 Å². The van der Waals surface area contributed by atoms with Gasteiger partial charge in [-0.3, -0.25) is 14.7 Å². The lowest BCUT2D eigenvalue weighted by Gasteiger charge is -2.24. The average molecular weight is 463 g/mol. The van der Waals surface area contributed by atoms with E-state index in [1.54, 1.807) is 18.2 Å². The summed E-state index contributed by atoms with van der Waals surface area (Å²) in [5.74, 6) is -0.886. The smallest absolute Gasteiger partial charge is 0.237 e. The Hall–Kier alpha value is -3.32. The number of nitrogens with one attached hydrogen (secondary N) is 3. The van der Waals surface area contributed by atoms with Crippen molar-refractivity contribution in [3.05, 3.63) is 76.9 Å². The van der Waals surface area contributed by atoms with Crippen LogP contribution >= 0.6 is 0 Å². The Morgan fingerprint density at radius 2 is 1.88 bits per heavy atom. The van der Waals surface area contributed by atoms with Crippen LogP contribution < -0.4 is 10.6 Å². The van der Waals surface area contributed by atoms with E-state index in [2.05, 4.69) is 20.8 Å². The molecule has 1 amide bonds. The number of nitrogens with zero attached hydrogens (tertiary/aromatic N) is 1. The topological polar surface area (TPSA) is 86.9 Å². The minimum absolute atomic E-state index is 0.0230. The van der Waals surface area contributed by atoms with Crippen LogP contribution in [0.4, 0.5) is 4.39 Å². The molecule has 2 atom stereocenters. The monoisotopic (exact) mass is 462 g/mol. The zero-order valence-corrected chi connectivity index (χ0v) is 19.8. The zero-order chi connectivity index (χ0) is 24.2. The third-order valence-corrected chi connectivity index (χ3v) is 6.30. The molecule has 1 aliphatic rings. The van der Waals surface area contributed by atoms with Gasteiger partial charge in [-0.1, -0.05) is 56.3 Å². The average Bonchev–Trinajstić information content (AvgIpc) is 3.49. The lowest BCUT2D eigenvalue weighted by Crippen LogP contribution is -2.44. The van der Waals surface area contributed by atoms with Crippen LogP contribution in [0.25, 0.3) is 11.1 Å². The number of hydrogen-bond donors (Lipinski definition) is 3. The van der Waals surface area contributed by atoms with E-state index >= 15 is 4.39 Å². The van der Waals surface area contributed by atoms with E-state index < -0.39 is 6.04 Å². The predicted octanol–water partition coefficient (Wildman–Crippen LogP) is 4.37. The molecule has 7 heteroatoms. The van der Waals surface area contributed by atoms with Gasteiger partial charge in [0.2, 0.25) is 5.91 Å². The van der Waals surface area contributed by atoms with Crippen LogP contribution in [0.2, 0.25) is 0 Å². The van der Waals surface area contributed by atoms with Gasteiger partial charge in [-0.2, -0.15) is 5.10 Å². The Morgan fingerprint density at radius 1 is 1.15 bits per heavy atom. The molecule has 2 aromatic carbocycles. The summed E-state index contributed by atoms with van der Waals surface area (Å²) >= 11 is 0. The largest absolute Gasteiger partial charge is 0.341 e. The SMILES string of the molecule is Cc1cc(CC(=O)C(NC(=O)C2CCCN2)c2ccc(C(C)C)c(F)c2-c2ccccc2)n[nH]1. The summed E-state index contributed by atoms with van der Waals surface area (Å²) < 4.78 is 15.9. The number of benzene rings is 2. The second kappa shape index (κ2) is 10.3. The molecule has 0 bridgehead atoms. The first-order valence-corrected chi connectivity index (χ1v) is 11.8. The molecular weight excluding hydrogens is 431 g/mol. The maximum atomic E-state index is 15.9. The quantitative estimate of drug-likeness (QED) is 0.464. The fraction of sp³-hybridized carbons (Fsp3) is 0.370. The molecule has 1 saturated heterocycles. The molecule has 3 aromatic rings. The summed E-state index contributed by atoms with van der Waals surface area (Å²) in [5, 5.41) is 13.1. The third kappa shape index (κ3) is 5.09. The number of hydrogen-bond acceptors (Lipinski definition) is 4. The normalized spacial score (nSPS) is 16.6. The summed E-state index contributed by atoms with van der Waals surface area (Å²) in [5.41, 5.74) is 3.47. The first-order valence-electron chi connectivity index (χ1n) is 11.8. The molecule has 0 radical (unpaired) electrons. The van der Waals surface area contributed by atoms with Crippen LogP contribution in [0, 0.1) is 12.7 Å². The van der Waals surface area contributed by atoms with Gasteiger partial charge in [-0.05, 0) is 55.0 Å². The lowest BCUT2D eigenvalue weighted by molar-refractivity contribution is -0.128. The molecule has 4 rings (SSSR count). The number of halogens is 1. The standard InChI is InChI=1S/C27H31FN4O2/c1-16(2)20-11-12-21(24(25(20)28)18-8-5-4-6-9-18)26(30-27(34)22-10-7-13-29-22)23(33)15-19-14-17(3)31-32-19/h4-6,8-9,11-12,14,16,22,26,29H,7,10,13,15H2,1-3H3,(H,30,34)(H,31,32). The van der Waals surface area contributed by atoms with Gasteiger partial charge in [0.15, 0.2) is 5.78 Å². The number of carbonyl (C=O) groups is 2. The van der Waals surface area contributed by atoms with Crippen LogP contribution in [0.1, 0.15) is 61.2 Å². The summed E-state index contributed by atoms with van der Waals surface area (Å²) in [6.07, 6.45) is 1.63. The van der Waals surface area contributed by atoms with Crippen LogP contribution in [-0.4, -0.2) is 34.5 Å². The number of carbonyl (C=O) groups excluding carboxylic acids is 2. The second-order valence-corrected chi connectivity index (χ2v) is 9.23. The molecule has 0 saturated carbocycles. The predicted molar refractivity (Wildman–Crippen MR) is 130 cm³/mol. The van der Waals surface area contributed by atoms with Crippen molar-refractivity contribution in [1.82, 2.24) is 20.8 Å². The van der Waals surface area contributed by atoms with E-state index in [-0.39, 0.29) is 35.9 Å². The van der Waals surface area contributed by atoms with E-state index in [0.29, 0.717) is 34.4 Å². The van der Waals surface area contributed by atoms with Crippen molar-refractivity contribution in [3.63, 3.8) is 0 Å². The van der Waals surface area contributed by atoms with Crippen LogP contribution in [-0.2, 0) is 16.0 Å². The molecule has 178 valence electrons. The molecule has 2 heterocycles. The van der Waals surface area contributed by atoms with Crippen molar-refractivity contribution in [1.29, 1.82) is 0 Å². The Kier molecular flexibility index (Phi) is 7.22. The van der Waals surface area contributed by atoms with Gasteiger partial charge < -0.3 is 10.6 Å². The minimum atomic E-state index is -1.00. The molecule has 3 N–H and O–H groups in total. The zero-order valence-electron chi connectivity index (χ0n) is 19.8. The lowest BCUT2D eigenvalue weighted by atomic mass is 9.87. The number of ketones is 1. The fourth-order valence-electron chi connectivity index (χ4n) is 4.52. The summed E-state index contributed by atoms with van der Waals surface area (Å²) in [6, 6.07) is 13.1. The van der Waals surface area contributed by atoms with Crippen molar-refractivity contribution in [2.24, 2.45) is 0 Å². The second-order valence-electron chi connectivity index (χ2n) is 9.23. The number of aromatic amines is 1. The molecule has 0 aliphatic carbocycles. The van der Waals surface area contributed by atoms with Gasteiger partial charge in [0.25, 0.3) is 0 Å². The number of aryl methyl sites for hydroxylation is 1. The number of Topliss-reactive ketones (excluding diaryl/α,β-unsaturated/α-hetero) is 1. The maximum absolute atomic E-state index is 15.9. The van der Waals surface area contributed by atoms with Gasteiger partial charge in [0, 0.05) is 11.3 Å². The first-order chi connectivity index (χ1) is 16.3. The van der Waals surface area contributed by atoms with E-state index in [0.717, 1.165) is 18.7 Å². The third-order valence-electron chi connectivity index (χ3n) is 6.30. The van der Waals surface area contributed by atoms with E-state index in [9.17, 15) is 9.59 Å². The van der Waals surface area contributed by atoms with Crippen molar-refractivity contribution in [2.75, 3.05) is 6.54 Å². The summed E-state index contributed by atoms with van der Waals surface area (Å²) in [4.78, 5) is 26.6. The van der Waals surface area contributed by atoms with Crippen molar-refractivity contribution in [2.45, 2.75) is 58.0 Å². The van der Waals surface area contributed by atoms with Gasteiger partial charge in [0.1, 0.15) is 11.9 Å². The van der Waals surface area contributed by atoms with Gasteiger partial charge >= 0.3 is 0 Å². The first kappa shape index (κ1) is 23.8. The minimum Gasteiger partial charge on any atom is -0.341 e. The highest BCUT2D eigenvalue weighted by atomic mass is 19.1. The fourth-order valence-corrected chi connectivity index (χ4v) is 4.52. The Bertz CT molecular complexity index is 1170. The molecule has 2 unspecified atom stereocenters. The molecule has 34 heavy (non-hydrogen) atoms. The van der Waals surface area contributed by atoms with Gasteiger partial charge in [-0.15, -0.1) is 0 Å². The number of H-pyrrole nitrogens is 1. The highest BCUT2D eigenvalue weighted by Crippen LogP contribution is 2.36. The number of amides is 1. The summed E-state index contributed by atoms with van der Waals surface area (Å²) in [7, 11) is 0. The van der Waals surface area contributed by atoms with Crippen LogP contribution in [0.5, 0.6) is 0 Å². The molecule has 6 nitrogen and oxygen atoms in total. The van der Waals surface area contributed by atoms with Crippen molar-refractivity contribution < 1.29 is 14.0 Å². The number of rotatable bonds is 8. The van der Waals surface area contributed by atoms with Gasteiger partial charge in [-0.25, -0.2) is 4.39 Å². The molecular formula is C27H31FN4O2. The highest BCUT2D eigenvalue weighted by Gasteiger charge is 2.32. The van der Waals surface area contributed by atoms with Crippen molar-refractivity contribution >= 4 is 11.7 Å². The summed E-state index contributed by atoms with van der Waals surface area (Å²) in [6.45, 7) is 6.49. The van der Waals surface area contributed by atoms with E-state index in [1.165, 1.54) is 0 Å². The molecule has 1 aliphatic heterocycles. The molecule has 1 aromatic heterocycles. The molecule has 1 fully saturated rings. The van der Waals surface area contributed by atoms with Crippen LogP contribution in [0.15, 0.2) is 48.5 Å².